The van der Waals surface area contributed by atoms with Gasteiger partial charge < -0.3 is 10.1 Å². The molecule has 3 nitrogen and oxygen atoms in total. The number of aromatic nitrogens is 1. The number of rotatable bonds is 2. The van der Waals surface area contributed by atoms with Gasteiger partial charge >= 0.3 is 0 Å². The van der Waals surface area contributed by atoms with Crippen LogP contribution >= 0.6 is 11.3 Å². The van der Waals surface area contributed by atoms with Gasteiger partial charge in [-0.1, -0.05) is 12.8 Å². The van der Waals surface area contributed by atoms with Crippen molar-refractivity contribution in [1.82, 2.24) is 10.3 Å². The first-order chi connectivity index (χ1) is 8.86. The highest BCUT2D eigenvalue weighted by Gasteiger charge is 2.17. The van der Waals surface area contributed by atoms with E-state index >= 15 is 0 Å². The van der Waals surface area contributed by atoms with Crippen LogP contribution in [0.25, 0.3) is 10.2 Å². The van der Waals surface area contributed by atoms with E-state index < -0.39 is 0 Å². The van der Waals surface area contributed by atoms with E-state index in [0.29, 0.717) is 6.04 Å². The van der Waals surface area contributed by atoms with Gasteiger partial charge in [0.1, 0.15) is 10.8 Å². The van der Waals surface area contributed by atoms with Crippen molar-refractivity contribution in [2.24, 2.45) is 0 Å². The van der Waals surface area contributed by atoms with Gasteiger partial charge in [0.05, 0.1) is 23.4 Å². The fraction of sp³-hybridized carbons (Fsp3) is 0.500. The third kappa shape index (κ3) is 2.35. The Hall–Kier alpha value is -1.13. The van der Waals surface area contributed by atoms with Crippen molar-refractivity contribution < 1.29 is 4.74 Å². The minimum absolute atomic E-state index is 0.441. The van der Waals surface area contributed by atoms with Gasteiger partial charge in [-0.3, -0.25) is 0 Å². The van der Waals surface area contributed by atoms with Crippen LogP contribution in [0.4, 0.5) is 0 Å². The first-order valence-corrected chi connectivity index (χ1v) is 7.36. The Morgan fingerprint density at radius 1 is 1.33 bits per heavy atom. The summed E-state index contributed by atoms with van der Waals surface area (Å²) in [6, 6.07) is 6.54. The summed E-state index contributed by atoms with van der Waals surface area (Å²) in [5.74, 6) is 0.909. The van der Waals surface area contributed by atoms with Crippen LogP contribution in [0.2, 0.25) is 0 Å². The molecule has 1 fully saturated rings. The van der Waals surface area contributed by atoms with Crippen molar-refractivity contribution in [3.8, 4) is 5.75 Å². The number of nitrogens with zero attached hydrogens (tertiary/aromatic N) is 1. The maximum atomic E-state index is 5.26. The number of hydrogen-bond donors (Lipinski definition) is 1. The van der Waals surface area contributed by atoms with E-state index in [1.165, 1.54) is 35.4 Å². The molecule has 4 heteroatoms. The summed E-state index contributed by atoms with van der Waals surface area (Å²) in [5.41, 5.74) is 1.09. The number of hydrogen-bond acceptors (Lipinski definition) is 4. The number of benzene rings is 1. The molecule has 2 aromatic rings. The van der Waals surface area contributed by atoms with Gasteiger partial charge in [-0.25, -0.2) is 4.98 Å². The monoisotopic (exact) mass is 262 g/mol. The minimum Gasteiger partial charge on any atom is -0.497 e. The molecule has 0 aliphatic carbocycles. The average Bonchev–Trinajstić information content (AvgIpc) is 2.63. The fourth-order valence-corrected chi connectivity index (χ4v) is 3.54. The molecule has 0 radical (unpaired) electrons. The zero-order chi connectivity index (χ0) is 12.4. The zero-order valence-corrected chi connectivity index (χ0v) is 11.4. The Bertz CT molecular complexity index is 530. The molecule has 3 rings (SSSR count). The normalized spacial score (nSPS) is 20.8. The van der Waals surface area contributed by atoms with E-state index in [1.54, 1.807) is 18.4 Å². The lowest BCUT2D eigenvalue weighted by Crippen LogP contribution is -2.19. The molecule has 1 aliphatic heterocycles. The van der Waals surface area contributed by atoms with Gasteiger partial charge in [-0.15, -0.1) is 11.3 Å². The molecule has 1 aliphatic rings. The molecular formula is C14H18N2OS. The summed E-state index contributed by atoms with van der Waals surface area (Å²) >= 11 is 1.79. The predicted molar refractivity (Wildman–Crippen MR) is 75.4 cm³/mol. The highest BCUT2D eigenvalue weighted by atomic mass is 32.1. The summed E-state index contributed by atoms with van der Waals surface area (Å²) in [6.45, 7) is 1.11. The Morgan fingerprint density at radius 3 is 3.17 bits per heavy atom. The van der Waals surface area contributed by atoms with E-state index in [4.69, 9.17) is 9.72 Å². The summed E-state index contributed by atoms with van der Waals surface area (Å²) < 4.78 is 6.48. The second-order valence-corrected chi connectivity index (χ2v) is 5.80. The molecule has 1 unspecified atom stereocenters. The summed E-state index contributed by atoms with van der Waals surface area (Å²) in [7, 11) is 1.70. The van der Waals surface area contributed by atoms with Crippen molar-refractivity contribution in [3.05, 3.63) is 23.2 Å². The van der Waals surface area contributed by atoms with E-state index in [2.05, 4.69) is 11.4 Å². The number of ether oxygens (including phenoxy) is 1. The molecule has 1 aromatic carbocycles. The van der Waals surface area contributed by atoms with Crippen LogP contribution in [0.1, 0.15) is 36.7 Å². The Morgan fingerprint density at radius 2 is 2.28 bits per heavy atom. The summed E-state index contributed by atoms with van der Waals surface area (Å²) in [4.78, 5) is 4.75. The first kappa shape index (κ1) is 11.9. The van der Waals surface area contributed by atoms with Gasteiger partial charge in [0.15, 0.2) is 0 Å². The number of methoxy groups -OCH3 is 1. The van der Waals surface area contributed by atoms with Gasteiger partial charge in [0, 0.05) is 0 Å². The first-order valence-electron chi connectivity index (χ1n) is 6.55. The van der Waals surface area contributed by atoms with Crippen molar-refractivity contribution in [3.63, 3.8) is 0 Å². The van der Waals surface area contributed by atoms with Crippen LogP contribution in [0.5, 0.6) is 5.75 Å². The minimum atomic E-state index is 0.441. The molecule has 96 valence electrons. The van der Waals surface area contributed by atoms with Gasteiger partial charge in [-0.05, 0) is 37.6 Å². The molecule has 1 atom stereocenters. The van der Waals surface area contributed by atoms with Gasteiger partial charge in [0.2, 0.25) is 0 Å². The van der Waals surface area contributed by atoms with Crippen molar-refractivity contribution in [2.75, 3.05) is 13.7 Å². The lowest BCUT2D eigenvalue weighted by Gasteiger charge is -2.11. The molecule has 0 spiro atoms. The third-order valence-corrected chi connectivity index (χ3v) is 4.60. The van der Waals surface area contributed by atoms with E-state index in [0.717, 1.165) is 17.8 Å². The Balaban J connectivity index is 1.91. The van der Waals surface area contributed by atoms with Crippen LogP contribution < -0.4 is 10.1 Å². The van der Waals surface area contributed by atoms with E-state index in [1.807, 2.05) is 12.1 Å². The van der Waals surface area contributed by atoms with E-state index in [9.17, 15) is 0 Å². The highest BCUT2D eigenvalue weighted by Crippen LogP contribution is 2.32. The second-order valence-electron chi connectivity index (χ2n) is 4.74. The number of fused-ring (bicyclic) bond motifs is 1. The lowest BCUT2D eigenvalue weighted by molar-refractivity contribution is 0.415. The van der Waals surface area contributed by atoms with Crippen LogP contribution in [0.3, 0.4) is 0 Å². The zero-order valence-electron chi connectivity index (χ0n) is 10.6. The second kappa shape index (κ2) is 5.24. The van der Waals surface area contributed by atoms with Gasteiger partial charge in [-0.2, -0.15) is 0 Å². The van der Waals surface area contributed by atoms with Crippen molar-refractivity contribution in [2.45, 2.75) is 31.7 Å². The fourth-order valence-electron chi connectivity index (χ4n) is 2.44. The quantitative estimate of drug-likeness (QED) is 0.899. The van der Waals surface area contributed by atoms with E-state index in [-0.39, 0.29) is 0 Å². The Kier molecular flexibility index (Phi) is 3.48. The van der Waals surface area contributed by atoms with Crippen molar-refractivity contribution in [1.29, 1.82) is 0 Å². The average molecular weight is 262 g/mol. The molecule has 2 heterocycles. The maximum absolute atomic E-state index is 5.26. The molecule has 0 saturated carbocycles. The van der Waals surface area contributed by atoms with Crippen LogP contribution in [-0.2, 0) is 0 Å². The lowest BCUT2D eigenvalue weighted by atomic mass is 10.1. The number of thiazole rings is 1. The predicted octanol–water partition coefficient (Wildman–Crippen LogP) is 3.51. The molecule has 1 aromatic heterocycles. The summed E-state index contributed by atoms with van der Waals surface area (Å²) in [5, 5.41) is 4.83. The highest BCUT2D eigenvalue weighted by molar-refractivity contribution is 7.18. The molecule has 0 bridgehead atoms. The van der Waals surface area contributed by atoms with Crippen LogP contribution in [0, 0.1) is 0 Å². The topological polar surface area (TPSA) is 34.1 Å². The maximum Gasteiger partial charge on any atom is 0.120 e. The number of nitrogens with one attached hydrogen (secondary N) is 1. The molecule has 1 saturated heterocycles. The molecule has 18 heavy (non-hydrogen) atoms. The molecule has 0 amide bonds. The van der Waals surface area contributed by atoms with Gasteiger partial charge in [0.25, 0.3) is 0 Å². The molecule has 1 N–H and O–H groups in total. The van der Waals surface area contributed by atoms with Crippen molar-refractivity contribution >= 4 is 21.6 Å². The molecular weight excluding hydrogens is 244 g/mol. The SMILES string of the molecule is COc1ccc2nc(C3CCCCCN3)sc2c1. The van der Waals surface area contributed by atoms with Crippen LogP contribution in [0.15, 0.2) is 18.2 Å². The summed E-state index contributed by atoms with van der Waals surface area (Å²) in [6.07, 6.45) is 5.13. The van der Waals surface area contributed by atoms with Crippen LogP contribution in [-0.4, -0.2) is 18.6 Å². The third-order valence-electron chi connectivity index (χ3n) is 3.47. The largest absolute Gasteiger partial charge is 0.497 e. The standard InChI is InChI=1S/C14H18N2OS/c1-17-10-6-7-11-13(9-10)18-14(16-11)12-5-3-2-4-8-15-12/h6-7,9,12,15H,2-5,8H2,1H3. The Labute approximate surface area is 111 Å². The smallest absolute Gasteiger partial charge is 0.120 e.